The van der Waals surface area contributed by atoms with Crippen molar-refractivity contribution in [2.75, 3.05) is 0 Å². The Morgan fingerprint density at radius 3 is 0.913 bits per heavy atom. The first-order valence-electron chi connectivity index (χ1n) is 15.5. The minimum absolute atomic E-state index is 0.944. The molecule has 0 spiro atoms. The molecule has 0 atom stereocenters. The molecule has 0 saturated carbocycles. The van der Waals surface area contributed by atoms with E-state index in [0.29, 0.717) is 0 Å². The number of hydrogen-bond acceptors (Lipinski definition) is 1. The molecule has 7 rings (SSSR count). The van der Waals surface area contributed by atoms with Crippen molar-refractivity contribution >= 4 is 58.2 Å². The Labute approximate surface area is 272 Å². The molecule has 0 fully saturated rings. The van der Waals surface area contributed by atoms with Gasteiger partial charge in [0.15, 0.2) is 0 Å². The van der Waals surface area contributed by atoms with E-state index in [1.165, 1.54) is 31.8 Å². The highest BCUT2D eigenvalue weighted by molar-refractivity contribution is 7.93. The smallest absolute Gasteiger partial charge is 0.0709 e. The molecule has 3 heteroatoms. The summed E-state index contributed by atoms with van der Waals surface area (Å²) < 4.78 is 0. The molecule has 0 aliphatic heterocycles. The maximum Gasteiger partial charge on any atom is 0.0709 e. The quantitative estimate of drug-likeness (QED) is 0.156. The zero-order valence-corrected chi connectivity index (χ0v) is 27.4. The Morgan fingerprint density at radius 1 is 0.304 bits per heavy atom. The normalized spacial score (nSPS) is 11.7. The highest BCUT2D eigenvalue weighted by Crippen LogP contribution is 2.43. The third kappa shape index (κ3) is 5.54. The number of nitrogens with zero attached hydrogens (tertiary/aromatic N) is 1. The van der Waals surface area contributed by atoms with Crippen LogP contribution in [0.4, 0.5) is 0 Å². The fraction of sp³-hybridized carbons (Fsp3) is 0. The van der Waals surface area contributed by atoms with E-state index in [4.69, 9.17) is 17.6 Å². The van der Waals surface area contributed by atoms with Gasteiger partial charge in [-0.15, -0.1) is 0 Å². The van der Waals surface area contributed by atoms with Gasteiger partial charge in [0.1, 0.15) is 0 Å². The van der Waals surface area contributed by atoms with Gasteiger partial charge < -0.3 is 0 Å². The molecule has 0 aliphatic rings. The number of aromatic nitrogens is 1. The van der Waals surface area contributed by atoms with E-state index in [1.807, 2.05) is 0 Å². The molecule has 0 saturated heterocycles. The molecule has 7 aromatic rings. The number of rotatable bonds is 8. The molecule has 6 aromatic carbocycles. The monoisotopic (exact) mass is 627 g/mol. The zero-order valence-electron chi connectivity index (χ0n) is 25.7. The summed E-state index contributed by atoms with van der Waals surface area (Å²) in [6.45, 7) is -4.22. The van der Waals surface area contributed by atoms with Gasteiger partial charge in [-0.3, -0.25) is 0 Å². The summed E-state index contributed by atoms with van der Waals surface area (Å²) in [6, 6.07) is 66.8. The molecule has 0 N–H and O–H groups in total. The second kappa shape index (κ2) is 12.8. The fourth-order valence-electron chi connectivity index (χ4n) is 6.19. The lowest BCUT2D eigenvalue weighted by Crippen LogP contribution is -2.25. The average molecular weight is 628 g/mol. The number of benzene rings is 6. The summed E-state index contributed by atoms with van der Waals surface area (Å²) in [7, 11) is 0. The van der Waals surface area contributed by atoms with Crippen LogP contribution in [-0.4, -0.2) is 17.6 Å². The van der Waals surface area contributed by atoms with Crippen molar-refractivity contribution in [1.82, 2.24) is 4.98 Å². The first-order chi connectivity index (χ1) is 22.6. The SMILES string of the molecule is C=P(c1ccccc1)(c1ccccc1)c1cccc(-c2cccc(-c3cccc(P(=C)(c4ccccc4)c4ccccc4)c3)n2)c1. The van der Waals surface area contributed by atoms with Crippen molar-refractivity contribution < 1.29 is 0 Å². The van der Waals surface area contributed by atoms with Crippen LogP contribution >= 0.6 is 13.8 Å². The predicted molar refractivity (Wildman–Crippen MR) is 207 cm³/mol. The van der Waals surface area contributed by atoms with Gasteiger partial charge in [-0.25, -0.2) is 4.98 Å². The van der Waals surface area contributed by atoms with Gasteiger partial charge in [-0.1, -0.05) is 176 Å². The van der Waals surface area contributed by atoms with Crippen LogP contribution in [0.3, 0.4) is 0 Å². The lowest BCUT2D eigenvalue weighted by atomic mass is 10.1. The molecule has 222 valence electrons. The molecule has 1 nitrogen and oxygen atoms in total. The maximum absolute atomic E-state index is 5.23. The van der Waals surface area contributed by atoms with Crippen LogP contribution in [0.2, 0.25) is 0 Å². The zero-order chi connectivity index (χ0) is 31.4. The van der Waals surface area contributed by atoms with E-state index in [-0.39, 0.29) is 0 Å². The van der Waals surface area contributed by atoms with Gasteiger partial charge in [-0.2, -0.15) is 0 Å². The summed E-state index contributed by atoms with van der Waals surface area (Å²) >= 11 is 0. The van der Waals surface area contributed by atoms with E-state index in [1.54, 1.807) is 0 Å². The lowest BCUT2D eigenvalue weighted by Gasteiger charge is -2.27. The molecule has 1 heterocycles. The minimum atomic E-state index is -2.11. The number of pyridine rings is 1. The molecule has 1 aromatic heterocycles. The second-order valence-corrected chi connectivity index (χ2v) is 17.8. The van der Waals surface area contributed by atoms with E-state index < -0.39 is 13.8 Å². The molecular weight excluding hydrogens is 592 g/mol. The van der Waals surface area contributed by atoms with Gasteiger partial charge in [0.05, 0.1) is 11.4 Å². The Kier molecular flexibility index (Phi) is 8.30. The van der Waals surface area contributed by atoms with Gasteiger partial charge in [0, 0.05) is 11.1 Å². The van der Waals surface area contributed by atoms with Crippen LogP contribution in [-0.2, 0) is 0 Å². The standard InChI is InChI=1S/C43H35NP2/c1-45(36-20-7-3-8-21-36,37-22-9-4-10-23-37)40-28-15-18-34(32-40)42-30-17-31-43(44-42)35-19-16-29-41(33-35)46(2,38-24-11-5-12-25-38)39-26-13-6-14-27-39/h3-33H,1-2H2. The van der Waals surface area contributed by atoms with Gasteiger partial charge in [-0.05, 0) is 69.9 Å². The lowest BCUT2D eigenvalue weighted by molar-refractivity contribution is 1.33. The van der Waals surface area contributed by atoms with Crippen molar-refractivity contribution in [3.8, 4) is 22.5 Å². The number of hydrogen-bond donors (Lipinski definition) is 0. The van der Waals surface area contributed by atoms with E-state index in [2.05, 4.69) is 188 Å². The first kappa shape index (κ1) is 29.8. The molecule has 0 amide bonds. The van der Waals surface area contributed by atoms with Gasteiger partial charge in [0.2, 0.25) is 0 Å². The molecular formula is C43H35NP2. The van der Waals surface area contributed by atoms with Crippen molar-refractivity contribution in [2.24, 2.45) is 0 Å². The first-order valence-corrected chi connectivity index (χ1v) is 19.4. The van der Waals surface area contributed by atoms with Crippen molar-refractivity contribution in [1.29, 1.82) is 0 Å². The van der Waals surface area contributed by atoms with E-state index in [9.17, 15) is 0 Å². The Balaban J connectivity index is 1.31. The fourth-order valence-corrected chi connectivity index (χ4v) is 12.1. The van der Waals surface area contributed by atoms with Crippen LogP contribution in [0.5, 0.6) is 0 Å². The average Bonchev–Trinajstić information content (AvgIpc) is 3.16. The topological polar surface area (TPSA) is 12.9 Å². The van der Waals surface area contributed by atoms with E-state index >= 15 is 0 Å². The van der Waals surface area contributed by atoms with Gasteiger partial charge in [0.25, 0.3) is 0 Å². The molecule has 0 radical (unpaired) electrons. The summed E-state index contributed by atoms with van der Waals surface area (Å²) in [5.74, 6) is 0. The molecule has 46 heavy (non-hydrogen) atoms. The third-order valence-corrected chi connectivity index (χ3v) is 15.7. The van der Waals surface area contributed by atoms with Crippen LogP contribution in [0.1, 0.15) is 0 Å². The van der Waals surface area contributed by atoms with Crippen molar-refractivity contribution in [2.45, 2.75) is 0 Å². The minimum Gasteiger partial charge on any atom is -0.248 e. The van der Waals surface area contributed by atoms with Crippen LogP contribution < -0.4 is 31.8 Å². The van der Waals surface area contributed by atoms with E-state index in [0.717, 1.165) is 22.5 Å². The van der Waals surface area contributed by atoms with Crippen LogP contribution in [0.15, 0.2) is 188 Å². The summed E-state index contributed by atoms with van der Waals surface area (Å²) in [6.07, 6.45) is 9.90. The van der Waals surface area contributed by atoms with Crippen LogP contribution in [0.25, 0.3) is 22.5 Å². The Hall–Kier alpha value is -4.93. The Morgan fingerprint density at radius 2 is 0.587 bits per heavy atom. The highest BCUT2D eigenvalue weighted by Gasteiger charge is 2.24. The molecule has 0 bridgehead atoms. The summed E-state index contributed by atoms with van der Waals surface area (Å²) in [5, 5.41) is 7.49. The van der Waals surface area contributed by atoms with Crippen LogP contribution in [0, 0.1) is 0 Å². The van der Waals surface area contributed by atoms with Crippen molar-refractivity contribution in [3.05, 3.63) is 188 Å². The highest BCUT2D eigenvalue weighted by atomic mass is 31.2. The van der Waals surface area contributed by atoms with Gasteiger partial charge >= 0.3 is 0 Å². The maximum atomic E-state index is 5.23. The predicted octanol–water partition coefficient (Wildman–Crippen LogP) is 7.87. The molecule has 0 aliphatic carbocycles. The Bertz CT molecular complexity index is 1950. The van der Waals surface area contributed by atoms with Crippen molar-refractivity contribution in [3.63, 3.8) is 0 Å². The summed E-state index contributed by atoms with van der Waals surface area (Å²) in [4.78, 5) is 5.23. The third-order valence-electron chi connectivity index (χ3n) is 8.70. The second-order valence-electron chi connectivity index (χ2n) is 11.5. The largest absolute Gasteiger partial charge is 0.248 e. The molecule has 0 unspecified atom stereocenters. The summed E-state index contributed by atoms with van der Waals surface area (Å²) in [5.41, 5.74) is 4.06.